The average molecular weight is 279 g/mol. The highest BCUT2D eigenvalue weighted by Crippen LogP contribution is 2.28. The normalized spacial score (nSPS) is 10.4. The minimum atomic E-state index is -1.20. The van der Waals surface area contributed by atoms with Gasteiger partial charge in [0, 0.05) is 17.8 Å². The Balaban J connectivity index is 2.47. The highest BCUT2D eigenvalue weighted by atomic mass is 19.2. The van der Waals surface area contributed by atoms with Crippen LogP contribution in [-0.2, 0) is 0 Å². The lowest BCUT2D eigenvalue weighted by molar-refractivity contribution is 0.0692. The fourth-order valence-electron chi connectivity index (χ4n) is 1.80. The highest BCUT2D eigenvalue weighted by molar-refractivity contribution is 5.92. The lowest BCUT2D eigenvalue weighted by Gasteiger charge is -2.11. The number of hydrogen-bond acceptors (Lipinski definition) is 3. The Bertz CT molecular complexity index is 686. The van der Waals surface area contributed by atoms with Crippen LogP contribution in [0.5, 0.6) is 11.5 Å². The van der Waals surface area contributed by atoms with Gasteiger partial charge in [0.25, 0.3) is 0 Å². The number of halogens is 2. The molecule has 0 aliphatic carbocycles. The number of hydrogen-bond donors (Lipinski definition) is 1. The van der Waals surface area contributed by atoms with E-state index >= 15 is 0 Å². The van der Waals surface area contributed by atoms with Crippen LogP contribution in [0.1, 0.15) is 21.7 Å². The molecule has 0 fully saturated rings. The van der Waals surface area contributed by atoms with Crippen LogP contribution in [0.15, 0.2) is 24.3 Å². The van der Waals surface area contributed by atoms with Crippen LogP contribution >= 0.6 is 0 Å². The second kappa shape index (κ2) is 5.24. The molecule has 1 aromatic carbocycles. The monoisotopic (exact) mass is 279 g/mol. The number of rotatable bonds is 3. The summed E-state index contributed by atoms with van der Waals surface area (Å²) >= 11 is 0. The van der Waals surface area contributed by atoms with Crippen molar-refractivity contribution in [1.29, 1.82) is 0 Å². The summed E-state index contributed by atoms with van der Waals surface area (Å²) in [4.78, 5) is 15.2. The lowest BCUT2D eigenvalue weighted by atomic mass is 10.1. The first kappa shape index (κ1) is 13.9. The molecule has 0 aliphatic heterocycles. The van der Waals surface area contributed by atoms with E-state index in [9.17, 15) is 13.6 Å². The molecule has 0 saturated heterocycles. The van der Waals surface area contributed by atoms with Crippen molar-refractivity contribution in [2.45, 2.75) is 13.8 Å². The second-order valence-electron chi connectivity index (χ2n) is 4.21. The summed E-state index contributed by atoms with van der Waals surface area (Å²) in [6.07, 6.45) is 0. The van der Waals surface area contributed by atoms with Crippen molar-refractivity contribution in [1.82, 2.24) is 4.98 Å². The van der Waals surface area contributed by atoms with Gasteiger partial charge in [0.05, 0.1) is 5.69 Å². The Morgan fingerprint density at radius 1 is 1.20 bits per heavy atom. The maximum atomic E-state index is 13.1. The number of ether oxygens (including phenoxy) is 1. The largest absolute Gasteiger partial charge is 0.477 e. The minimum Gasteiger partial charge on any atom is -0.477 e. The molecular weight excluding hydrogens is 268 g/mol. The third kappa shape index (κ3) is 2.74. The standard InChI is InChI=1S/C14H11F2NO3/c1-7-5-12(13(14(18)19)8(2)17-7)20-9-3-4-10(15)11(16)6-9/h3-6H,1-2H3,(H,18,19). The number of carboxylic acid groups (broad SMARTS) is 1. The first-order valence-electron chi connectivity index (χ1n) is 5.73. The Morgan fingerprint density at radius 2 is 1.90 bits per heavy atom. The van der Waals surface area contributed by atoms with Crippen LogP contribution < -0.4 is 4.74 Å². The molecule has 0 amide bonds. The summed E-state index contributed by atoms with van der Waals surface area (Å²) in [6.45, 7) is 3.21. The zero-order valence-corrected chi connectivity index (χ0v) is 10.8. The molecule has 2 aromatic rings. The van der Waals surface area contributed by atoms with Crippen molar-refractivity contribution in [3.63, 3.8) is 0 Å². The second-order valence-corrected chi connectivity index (χ2v) is 4.21. The van der Waals surface area contributed by atoms with Crippen LogP contribution in [0.2, 0.25) is 0 Å². The number of aromatic carboxylic acids is 1. The third-order valence-electron chi connectivity index (χ3n) is 2.62. The van der Waals surface area contributed by atoms with Gasteiger partial charge in [0.15, 0.2) is 11.6 Å². The molecular formula is C14H11F2NO3. The minimum absolute atomic E-state index is 0.0106. The van der Waals surface area contributed by atoms with E-state index in [1.165, 1.54) is 19.1 Å². The zero-order chi connectivity index (χ0) is 14.9. The van der Waals surface area contributed by atoms with Gasteiger partial charge < -0.3 is 9.84 Å². The van der Waals surface area contributed by atoms with Gasteiger partial charge in [-0.25, -0.2) is 13.6 Å². The van der Waals surface area contributed by atoms with E-state index in [0.29, 0.717) is 5.69 Å². The number of carboxylic acids is 1. The summed E-state index contributed by atoms with van der Waals surface area (Å²) in [5.74, 6) is -3.22. The number of aromatic nitrogens is 1. The van der Waals surface area contributed by atoms with Gasteiger partial charge in [-0.3, -0.25) is 4.98 Å². The molecule has 4 nitrogen and oxygen atoms in total. The topological polar surface area (TPSA) is 59.4 Å². The number of carbonyl (C=O) groups is 1. The molecule has 1 aromatic heterocycles. The fraction of sp³-hybridized carbons (Fsp3) is 0.143. The van der Waals surface area contributed by atoms with E-state index in [4.69, 9.17) is 9.84 Å². The van der Waals surface area contributed by atoms with Crippen LogP contribution in [0, 0.1) is 25.5 Å². The maximum absolute atomic E-state index is 13.1. The molecule has 1 heterocycles. The Hall–Kier alpha value is -2.50. The molecule has 0 aliphatic rings. The van der Waals surface area contributed by atoms with Crippen LogP contribution in [-0.4, -0.2) is 16.1 Å². The number of pyridine rings is 1. The maximum Gasteiger partial charge on any atom is 0.341 e. The lowest BCUT2D eigenvalue weighted by Crippen LogP contribution is -2.06. The molecule has 104 valence electrons. The van der Waals surface area contributed by atoms with Gasteiger partial charge in [0.1, 0.15) is 17.1 Å². The zero-order valence-electron chi connectivity index (χ0n) is 10.8. The molecule has 0 radical (unpaired) electrons. The van der Waals surface area contributed by atoms with E-state index in [-0.39, 0.29) is 22.8 Å². The molecule has 20 heavy (non-hydrogen) atoms. The Labute approximate surface area is 113 Å². The highest BCUT2D eigenvalue weighted by Gasteiger charge is 2.17. The molecule has 0 atom stereocenters. The van der Waals surface area contributed by atoms with E-state index in [1.807, 2.05) is 0 Å². The molecule has 2 rings (SSSR count). The number of benzene rings is 1. The molecule has 0 saturated carbocycles. The third-order valence-corrected chi connectivity index (χ3v) is 2.62. The predicted molar refractivity (Wildman–Crippen MR) is 67.1 cm³/mol. The fourth-order valence-corrected chi connectivity index (χ4v) is 1.80. The van der Waals surface area contributed by atoms with Crippen molar-refractivity contribution in [2.24, 2.45) is 0 Å². The molecule has 0 bridgehead atoms. The molecule has 1 N–H and O–H groups in total. The first-order valence-corrected chi connectivity index (χ1v) is 5.73. The van der Waals surface area contributed by atoms with Gasteiger partial charge in [-0.15, -0.1) is 0 Å². The van der Waals surface area contributed by atoms with Gasteiger partial charge >= 0.3 is 5.97 Å². The Kier molecular flexibility index (Phi) is 3.65. The molecule has 0 spiro atoms. The van der Waals surface area contributed by atoms with Crippen LogP contribution in [0.25, 0.3) is 0 Å². The molecule has 6 heteroatoms. The van der Waals surface area contributed by atoms with E-state index in [2.05, 4.69) is 4.98 Å². The van der Waals surface area contributed by atoms with Crippen LogP contribution in [0.3, 0.4) is 0 Å². The number of nitrogens with zero attached hydrogens (tertiary/aromatic N) is 1. The summed E-state index contributed by atoms with van der Waals surface area (Å²) in [5.41, 5.74) is 0.737. The quantitative estimate of drug-likeness (QED) is 0.934. The van der Waals surface area contributed by atoms with E-state index < -0.39 is 17.6 Å². The summed E-state index contributed by atoms with van der Waals surface area (Å²) in [7, 11) is 0. The van der Waals surface area contributed by atoms with Crippen molar-refractivity contribution in [2.75, 3.05) is 0 Å². The summed E-state index contributed by atoms with van der Waals surface area (Å²) < 4.78 is 31.3. The van der Waals surface area contributed by atoms with Crippen molar-refractivity contribution >= 4 is 5.97 Å². The first-order chi connectivity index (χ1) is 9.38. The van der Waals surface area contributed by atoms with E-state index in [0.717, 1.165) is 12.1 Å². The number of aryl methyl sites for hydroxylation is 2. The Morgan fingerprint density at radius 3 is 2.50 bits per heavy atom. The van der Waals surface area contributed by atoms with Gasteiger partial charge in [-0.05, 0) is 26.0 Å². The summed E-state index contributed by atoms with van der Waals surface area (Å²) in [5, 5.41) is 9.16. The van der Waals surface area contributed by atoms with Gasteiger partial charge in [0.2, 0.25) is 0 Å². The van der Waals surface area contributed by atoms with Crippen molar-refractivity contribution in [3.05, 3.63) is 52.9 Å². The predicted octanol–water partition coefficient (Wildman–Crippen LogP) is 3.47. The van der Waals surface area contributed by atoms with Gasteiger partial charge in [-0.2, -0.15) is 0 Å². The van der Waals surface area contributed by atoms with Gasteiger partial charge in [-0.1, -0.05) is 0 Å². The van der Waals surface area contributed by atoms with E-state index in [1.54, 1.807) is 6.92 Å². The van der Waals surface area contributed by atoms with Crippen molar-refractivity contribution < 1.29 is 23.4 Å². The SMILES string of the molecule is Cc1cc(Oc2ccc(F)c(F)c2)c(C(=O)O)c(C)n1. The smallest absolute Gasteiger partial charge is 0.341 e. The molecule has 0 unspecified atom stereocenters. The summed E-state index contributed by atoms with van der Waals surface area (Å²) in [6, 6.07) is 4.41. The van der Waals surface area contributed by atoms with Crippen molar-refractivity contribution in [3.8, 4) is 11.5 Å². The average Bonchev–Trinajstić information content (AvgIpc) is 2.32. The van der Waals surface area contributed by atoms with Crippen LogP contribution in [0.4, 0.5) is 8.78 Å².